The molecule has 0 aliphatic rings. The van der Waals surface area contributed by atoms with E-state index in [1.54, 1.807) is 0 Å². The van der Waals surface area contributed by atoms with Crippen molar-refractivity contribution < 1.29 is 98.1 Å². The molecule has 0 bridgehead atoms. The maximum atomic E-state index is 7.75. The Kier molecular flexibility index (Phi) is 506. The summed E-state index contributed by atoms with van der Waals surface area (Å²) in [5, 5.41) is 0. The van der Waals surface area contributed by atoms with Crippen LogP contribution in [0.3, 0.4) is 0 Å². The summed E-state index contributed by atoms with van der Waals surface area (Å²) in [6.07, 6.45) is 0. The summed E-state index contributed by atoms with van der Waals surface area (Å²) in [7, 11) is 0. The van der Waals surface area contributed by atoms with Crippen molar-refractivity contribution in [2.75, 3.05) is 0 Å². The summed E-state index contributed by atoms with van der Waals surface area (Å²) in [6.45, 7) is 3.25. The van der Waals surface area contributed by atoms with Gasteiger partial charge in [0, 0.05) is 62.2 Å². The zero-order valence-corrected chi connectivity index (χ0v) is 17.0. The molecule has 0 aliphatic heterocycles. The van der Waals surface area contributed by atoms with Crippen LogP contribution in [0.5, 0.6) is 0 Å². The molecule has 0 amide bonds. The Labute approximate surface area is 117 Å². The molecule has 0 unspecified atom stereocenters. The maximum absolute atomic E-state index is 7.75. The Balaban J connectivity index is -0.000000000500. The number of hydrogen-bond acceptors (Lipinski definition) is 1. The van der Waals surface area contributed by atoms with Crippen LogP contribution in [0.25, 0.3) is 0 Å². The first kappa shape index (κ1) is 52.3. The molecule has 0 N–H and O–H groups in total. The fourth-order valence-corrected chi connectivity index (χ4v) is 0. The molecule has 0 fully saturated rings. The van der Waals surface area contributed by atoms with E-state index >= 15 is 0 Å². The molecule has 0 radical (unpaired) electrons. The van der Waals surface area contributed by atoms with E-state index in [0.717, 1.165) is 0 Å². The second-order valence-electron chi connectivity index (χ2n) is 0. The molecule has 0 atom stereocenters. The van der Waals surface area contributed by atoms with E-state index in [-0.39, 0.29) is 108 Å². The van der Waals surface area contributed by atoms with Crippen LogP contribution in [0.4, 0.5) is 0 Å². The molecule has 0 saturated heterocycles. The molecule has 4 heteroatoms. The average molecular weight is 773 g/mol. The van der Waals surface area contributed by atoms with Crippen molar-refractivity contribution in [3.63, 3.8) is 0 Å². The molecule has 7 heavy (non-hydrogen) atoms. The van der Waals surface area contributed by atoms with Crippen molar-refractivity contribution >= 4 is 6.79 Å². The van der Waals surface area contributed by atoms with Gasteiger partial charge in [-0.2, -0.15) is 0 Å². The number of carbonyl (C=O) groups excluding carboxylic acids is 1. The van der Waals surface area contributed by atoms with E-state index in [0.29, 0.717) is 0 Å². The van der Waals surface area contributed by atoms with Crippen LogP contribution in [-0.4, -0.2) is 6.79 Å². The van der Waals surface area contributed by atoms with E-state index in [9.17, 15) is 0 Å². The molecule has 0 aromatic rings. The van der Waals surface area contributed by atoms with E-state index in [4.69, 9.17) is 4.79 Å². The molecular weight excluding hydrogens is 766 g/mol. The van der Waals surface area contributed by atoms with Gasteiger partial charge in [-0.1, -0.05) is 0 Å². The van der Waals surface area contributed by atoms with E-state index in [1.807, 2.05) is 0 Å². The van der Waals surface area contributed by atoms with Crippen LogP contribution in [0.2, 0.25) is 0 Å². The predicted octanol–water partition coefficient (Wildman–Crippen LogP) is 0.626. The monoisotopic (exact) mass is 773 g/mol. The van der Waals surface area contributed by atoms with Crippen molar-refractivity contribution in [3.8, 4) is 0 Å². The van der Waals surface area contributed by atoms with Crippen LogP contribution < -0.4 is 0 Å². The van der Waals surface area contributed by atoms with Crippen molar-refractivity contribution in [1.29, 1.82) is 0 Å². The van der Waals surface area contributed by atoms with Crippen LogP contribution in [0.15, 0.2) is 0 Å². The van der Waals surface area contributed by atoms with Crippen molar-refractivity contribution in [1.82, 2.24) is 0 Å². The van der Waals surface area contributed by atoms with Crippen molar-refractivity contribution in [2.24, 2.45) is 0 Å². The van der Waals surface area contributed by atoms with Gasteiger partial charge in [-0.25, -0.2) is 0 Å². The average Bonchev–Trinajstić information content (AvgIpc) is 1.00. The minimum atomic E-state index is 0. The quantitative estimate of drug-likeness (QED) is 0.261. The molecule has 38 valence electrons. The molecule has 0 aromatic heterocycles. The predicted molar refractivity (Wildman–Crippen MR) is 19.6 cm³/mol. The molecule has 0 aromatic carbocycles. The molecule has 0 spiro atoms. The minimum Gasteiger partial charge on any atom is -0.545 e. The Hall–Kier alpha value is 2.83. The molecule has 1 nitrogen and oxygen atoms in total. The second kappa shape index (κ2) is 67.7. The molecular formula is C3H7OU3-. The van der Waals surface area contributed by atoms with E-state index < -0.39 is 0 Å². The number of rotatable bonds is 0. The first-order valence-corrected chi connectivity index (χ1v) is 0.236. The van der Waals surface area contributed by atoms with Gasteiger partial charge in [-0.3, -0.25) is 6.79 Å². The fourth-order valence-electron chi connectivity index (χ4n) is 0. The standard InChI is InChI=1S/CHO.2CH3.3U/c1-2;;;;;/h1H;2*1H3;;;/q3*-1;;;+2. The Bertz CT molecular complexity index is 10.1. The molecule has 0 rings (SSSR count). The maximum Gasteiger partial charge on any atom is 2.00 e. The molecule has 0 heterocycles. The second-order valence-corrected chi connectivity index (χ2v) is 0. The molecule has 0 saturated carbocycles. The van der Waals surface area contributed by atoms with Gasteiger partial charge in [-0.15, -0.1) is 0 Å². The van der Waals surface area contributed by atoms with Crippen LogP contribution in [-0.2, 0) is 4.79 Å². The number of hydrogen-bond donors (Lipinski definition) is 0. The van der Waals surface area contributed by atoms with Crippen molar-refractivity contribution in [3.05, 3.63) is 14.9 Å². The van der Waals surface area contributed by atoms with E-state index in [2.05, 4.69) is 6.79 Å². The largest absolute Gasteiger partial charge is 2.00 e. The third kappa shape index (κ3) is 51.5. The summed E-state index contributed by atoms with van der Waals surface area (Å²) in [6, 6.07) is 0. The Morgan fingerprint density at radius 3 is 0.857 bits per heavy atom. The van der Waals surface area contributed by atoms with E-state index in [1.165, 1.54) is 0 Å². The normalized spacial score (nSPS) is 0.571. The van der Waals surface area contributed by atoms with Gasteiger partial charge in [-0.05, 0) is 0 Å². The third-order valence-electron chi connectivity index (χ3n) is 0. The Morgan fingerprint density at radius 1 is 0.857 bits per heavy atom. The topological polar surface area (TPSA) is 17.1 Å². The van der Waals surface area contributed by atoms with Crippen molar-refractivity contribution in [2.45, 2.75) is 0 Å². The van der Waals surface area contributed by atoms with Gasteiger partial charge in [0.2, 0.25) is 0 Å². The summed E-state index contributed by atoms with van der Waals surface area (Å²) < 4.78 is 0. The van der Waals surface area contributed by atoms with Gasteiger partial charge in [0.15, 0.2) is 0 Å². The summed E-state index contributed by atoms with van der Waals surface area (Å²) in [4.78, 5) is 7.75. The first-order valence-electron chi connectivity index (χ1n) is 0.236. The summed E-state index contributed by atoms with van der Waals surface area (Å²) in [5.41, 5.74) is 0. The third-order valence-corrected chi connectivity index (χ3v) is 0. The zero-order chi connectivity index (χ0) is 2.00. The summed E-state index contributed by atoms with van der Waals surface area (Å²) >= 11 is 0. The van der Waals surface area contributed by atoms with Crippen LogP contribution >= 0.6 is 0 Å². The molecule has 0 aliphatic carbocycles. The summed E-state index contributed by atoms with van der Waals surface area (Å²) in [5.74, 6) is 0. The Morgan fingerprint density at radius 2 is 0.857 bits per heavy atom. The first-order chi connectivity index (χ1) is 1.00. The van der Waals surface area contributed by atoms with Gasteiger partial charge in [0.25, 0.3) is 0 Å². The van der Waals surface area contributed by atoms with Crippen LogP contribution in [0, 0.1) is 108 Å². The SMILES string of the molecule is [CH-]=O.[CH3-].[CH3-].[U+2].[U].[U]. The van der Waals surface area contributed by atoms with Gasteiger partial charge < -0.3 is 19.6 Å². The van der Waals surface area contributed by atoms with Gasteiger partial charge >= 0.3 is 31.1 Å². The van der Waals surface area contributed by atoms with Gasteiger partial charge in [0.1, 0.15) is 0 Å². The zero-order valence-electron chi connectivity index (χ0n) is 4.49. The smallest absolute Gasteiger partial charge is 0.545 e. The van der Waals surface area contributed by atoms with Crippen LogP contribution in [0.1, 0.15) is 0 Å². The van der Waals surface area contributed by atoms with Gasteiger partial charge in [0.05, 0.1) is 0 Å². The fraction of sp³-hybridized carbons (Fsp3) is 0. The minimum absolute atomic E-state index is 0.